The molecule has 47 valence electrons. The molecule has 10 heavy (non-hydrogen) atoms. The third-order valence-electron chi connectivity index (χ3n) is 0.830. The van der Waals surface area contributed by atoms with Crippen LogP contribution in [0.2, 0.25) is 0 Å². The van der Waals surface area contributed by atoms with E-state index in [-0.39, 0.29) is 36.5 Å². The second kappa shape index (κ2) is 6.93. The maximum absolute atomic E-state index is 8.26. The number of hydrogen-bond donors (Lipinski definition) is 0. The molecule has 0 bridgehead atoms. The van der Waals surface area contributed by atoms with Gasteiger partial charge in [-0.3, -0.25) is 0 Å². The molecule has 3 heteroatoms. The first-order valence-corrected chi connectivity index (χ1v) is 2.30. The third-order valence-corrected chi connectivity index (χ3v) is 0.830. The second-order valence-electron chi connectivity index (χ2n) is 1.39. The van der Waals surface area contributed by atoms with Crippen LogP contribution >= 0.6 is 0 Å². The van der Waals surface area contributed by atoms with Crippen molar-refractivity contribution in [1.29, 1.82) is 5.26 Å². The van der Waals surface area contributed by atoms with E-state index in [2.05, 4.69) is 6.07 Å². The van der Waals surface area contributed by atoms with E-state index in [1.807, 2.05) is 18.2 Å². The predicted octanol–water partition coefficient (Wildman–Crippen LogP) is -1.64. The molecule has 1 rings (SSSR count). The third kappa shape index (κ3) is 3.77. The van der Waals surface area contributed by atoms with Crippen LogP contribution in [-0.4, -0.2) is 0 Å². The monoisotopic (exact) mass is 245 g/mol. The van der Waals surface area contributed by atoms with E-state index < -0.39 is 0 Å². The molecule has 0 aromatic heterocycles. The molecule has 0 fully saturated rings. The average molecular weight is 247 g/mol. The fourth-order valence-corrected chi connectivity index (χ4v) is 0.463. The van der Waals surface area contributed by atoms with Gasteiger partial charge in [-0.05, 0) is 6.07 Å². The Morgan fingerprint density at radius 2 is 2.10 bits per heavy atom. The van der Waals surface area contributed by atoms with Crippen LogP contribution in [0.4, 0.5) is 0 Å². The van der Waals surface area contributed by atoms with Crippen LogP contribution in [-0.2, 0) is 19.5 Å². The average Bonchev–Trinajstić information content (AvgIpc) is 1.90. The van der Waals surface area contributed by atoms with E-state index >= 15 is 0 Å². The minimum Gasteiger partial charge on any atom is -1.00 e. The van der Waals surface area contributed by atoms with Crippen LogP contribution in [0.15, 0.2) is 24.3 Å². The molecule has 0 aliphatic carbocycles. The summed E-state index contributed by atoms with van der Waals surface area (Å²) in [4.78, 5) is 0. The Bertz CT molecular complexity index is 205. The molecule has 0 aliphatic rings. The van der Waals surface area contributed by atoms with Gasteiger partial charge in [0, 0.05) is 25.5 Å². The van der Waals surface area contributed by atoms with Crippen LogP contribution in [0.1, 0.15) is 5.56 Å². The fourth-order valence-electron chi connectivity index (χ4n) is 0.463. The van der Waals surface area contributed by atoms with Crippen molar-refractivity contribution in [3.05, 3.63) is 35.9 Å². The van der Waals surface area contributed by atoms with Gasteiger partial charge in [0.2, 0.25) is 0 Å². The quantitative estimate of drug-likeness (QED) is 0.505. The van der Waals surface area contributed by atoms with Crippen molar-refractivity contribution in [2.75, 3.05) is 0 Å². The molecular weight excluding hydrogens is 243 g/mol. The Morgan fingerprint density at radius 1 is 1.40 bits per heavy atom. The molecule has 0 unspecified atom stereocenters. The molecule has 1 aromatic rings. The Kier molecular flexibility index (Phi) is 8.65. The minimum absolute atomic E-state index is 0. The summed E-state index contributed by atoms with van der Waals surface area (Å²) in [5.74, 6) is 0. The minimum atomic E-state index is 0. The molecule has 0 saturated heterocycles. The van der Waals surface area contributed by atoms with Gasteiger partial charge >= 0.3 is 0 Å². The SMILES string of the molecule is N#Cc1[c]cccc1.[Br-].[Zn]. The van der Waals surface area contributed by atoms with Gasteiger partial charge in [0.05, 0.1) is 11.6 Å². The number of nitrogens with zero attached hydrogens (tertiary/aromatic N) is 1. The smallest absolute Gasteiger partial charge is 0.0998 e. The van der Waals surface area contributed by atoms with E-state index in [1.54, 1.807) is 12.1 Å². The summed E-state index contributed by atoms with van der Waals surface area (Å²) in [6, 6.07) is 11.8. The molecule has 0 atom stereocenters. The number of benzene rings is 1. The number of nitriles is 1. The van der Waals surface area contributed by atoms with E-state index in [0.717, 1.165) is 0 Å². The van der Waals surface area contributed by atoms with Crippen molar-refractivity contribution in [3.63, 3.8) is 0 Å². The van der Waals surface area contributed by atoms with Crippen molar-refractivity contribution in [1.82, 2.24) is 0 Å². The summed E-state index contributed by atoms with van der Waals surface area (Å²) in [6.45, 7) is 0. The van der Waals surface area contributed by atoms with Gasteiger partial charge in [-0.2, -0.15) is 5.26 Å². The molecular formula is C7H4BrNZn-. The van der Waals surface area contributed by atoms with Gasteiger partial charge in [0.15, 0.2) is 0 Å². The molecule has 0 aliphatic heterocycles. The van der Waals surface area contributed by atoms with E-state index in [1.165, 1.54) is 0 Å². The van der Waals surface area contributed by atoms with Gasteiger partial charge in [0.25, 0.3) is 0 Å². The fraction of sp³-hybridized carbons (Fsp3) is 0. The molecule has 0 N–H and O–H groups in total. The van der Waals surface area contributed by atoms with Gasteiger partial charge < -0.3 is 17.0 Å². The normalized spacial score (nSPS) is 6.30. The Balaban J connectivity index is 0. The van der Waals surface area contributed by atoms with Gasteiger partial charge in [-0.1, -0.05) is 18.2 Å². The van der Waals surface area contributed by atoms with E-state index in [9.17, 15) is 0 Å². The van der Waals surface area contributed by atoms with Crippen LogP contribution in [0.5, 0.6) is 0 Å². The Labute approximate surface area is 83.6 Å². The molecule has 0 heterocycles. The van der Waals surface area contributed by atoms with Crippen molar-refractivity contribution in [3.8, 4) is 6.07 Å². The Hall–Kier alpha value is -0.187. The van der Waals surface area contributed by atoms with Gasteiger partial charge in [0.1, 0.15) is 0 Å². The van der Waals surface area contributed by atoms with Crippen LogP contribution < -0.4 is 17.0 Å². The first-order chi connectivity index (χ1) is 3.93. The maximum atomic E-state index is 8.26. The molecule has 1 aromatic carbocycles. The standard InChI is InChI=1S/C7H4N.BrH.Zn/c8-6-7-4-2-1-3-5-7;;/h1-4H;1H;/p-1. The largest absolute Gasteiger partial charge is 1.00 e. The summed E-state index contributed by atoms with van der Waals surface area (Å²) in [7, 11) is 0. The number of halogens is 1. The predicted molar refractivity (Wildman–Crippen MR) is 30.0 cm³/mol. The molecule has 1 nitrogen and oxygen atoms in total. The van der Waals surface area contributed by atoms with Crippen molar-refractivity contribution >= 4 is 0 Å². The van der Waals surface area contributed by atoms with Crippen LogP contribution in [0, 0.1) is 17.4 Å². The first kappa shape index (κ1) is 12.5. The summed E-state index contributed by atoms with van der Waals surface area (Å²) in [6.07, 6.45) is 0. The summed E-state index contributed by atoms with van der Waals surface area (Å²) in [5.41, 5.74) is 0.590. The topological polar surface area (TPSA) is 23.8 Å². The van der Waals surface area contributed by atoms with Crippen LogP contribution in [0.3, 0.4) is 0 Å². The van der Waals surface area contributed by atoms with E-state index in [4.69, 9.17) is 5.26 Å². The Morgan fingerprint density at radius 3 is 2.40 bits per heavy atom. The van der Waals surface area contributed by atoms with Crippen molar-refractivity contribution in [2.45, 2.75) is 0 Å². The van der Waals surface area contributed by atoms with Crippen molar-refractivity contribution in [2.24, 2.45) is 0 Å². The first-order valence-electron chi connectivity index (χ1n) is 2.30. The van der Waals surface area contributed by atoms with Crippen molar-refractivity contribution < 1.29 is 36.5 Å². The van der Waals surface area contributed by atoms with Crippen LogP contribution in [0.25, 0.3) is 0 Å². The molecule has 1 radical (unpaired) electrons. The van der Waals surface area contributed by atoms with Gasteiger partial charge in [-0.15, -0.1) is 0 Å². The van der Waals surface area contributed by atoms with Gasteiger partial charge in [-0.25, -0.2) is 0 Å². The summed E-state index contributed by atoms with van der Waals surface area (Å²) in [5, 5.41) is 8.26. The second-order valence-corrected chi connectivity index (χ2v) is 1.39. The number of hydrogen-bond acceptors (Lipinski definition) is 1. The number of rotatable bonds is 0. The summed E-state index contributed by atoms with van der Waals surface area (Å²) >= 11 is 0. The van der Waals surface area contributed by atoms with E-state index in [0.29, 0.717) is 5.56 Å². The molecule has 0 spiro atoms. The zero-order valence-electron chi connectivity index (χ0n) is 5.34. The summed E-state index contributed by atoms with van der Waals surface area (Å²) < 4.78 is 0. The zero-order chi connectivity index (χ0) is 5.82. The maximum Gasteiger partial charge on any atom is 0.0998 e. The molecule has 0 saturated carbocycles. The molecule has 0 amide bonds. The zero-order valence-corrected chi connectivity index (χ0v) is 9.89.